The first-order valence-corrected chi connectivity index (χ1v) is 10.1. The highest BCUT2D eigenvalue weighted by molar-refractivity contribution is 5.94. The van der Waals surface area contributed by atoms with Gasteiger partial charge in [-0.2, -0.15) is 0 Å². The molecule has 1 amide bonds. The molecule has 1 fully saturated rings. The van der Waals surface area contributed by atoms with Crippen molar-refractivity contribution in [1.82, 2.24) is 14.8 Å². The minimum atomic E-state index is -0.0515. The summed E-state index contributed by atoms with van der Waals surface area (Å²) in [6.07, 6.45) is 3.95. The van der Waals surface area contributed by atoms with Crippen molar-refractivity contribution in [1.29, 1.82) is 0 Å². The van der Waals surface area contributed by atoms with Crippen molar-refractivity contribution in [2.24, 2.45) is 0 Å². The zero-order valence-corrected chi connectivity index (χ0v) is 16.8. The predicted molar refractivity (Wildman–Crippen MR) is 114 cm³/mol. The molecule has 29 heavy (non-hydrogen) atoms. The number of carbonyl (C=O) groups is 1. The molecule has 1 N–H and O–H groups in total. The molecule has 0 bridgehead atoms. The lowest BCUT2D eigenvalue weighted by Gasteiger charge is -2.35. The van der Waals surface area contributed by atoms with Gasteiger partial charge in [0.15, 0.2) is 0 Å². The van der Waals surface area contributed by atoms with E-state index in [0.717, 1.165) is 32.0 Å². The molecule has 1 aromatic heterocycles. The summed E-state index contributed by atoms with van der Waals surface area (Å²) in [4.78, 5) is 15.3. The number of aryl methyl sites for hydroxylation is 1. The standard InChI is InChI=1S/C24H27N3O2/c1-19-7-9-20(10-8-19)23(27-13-15-29-16-14-27)18-25-24(28)21-5-4-6-22(17-21)26-11-2-3-12-26/h2-12,17,23H,13-16,18H2,1H3,(H,25,28). The van der Waals surface area contributed by atoms with Gasteiger partial charge in [-0.05, 0) is 42.8 Å². The van der Waals surface area contributed by atoms with Crippen molar-refractivity contribution in [3.05, 3.63) is 89.7 Å². The monoisotopic (exact) mass is 389 g/mol. The van der Waals surface area contributed by atoms with Crippen molar-refractivity contribution in [3.8, 4) is 5.69 Å². The fourth-order valence-electron chi connectivity index (χ4n) is 3.74. The molecule has 1 unspecified atom stereocenters. The molecular weight excluding hydrogens is 362 g/mol. The van der Waals surface area contributed by atoms with E-state index in [1.807, 2.05) is 53.4 Å². The topological polar surface area (TPSA) is 46.5 Å². The van der Waals surface area contributed by atoms with E-state index in [0.29, 0.717) is 12.1 Å². The zero-order chi connectivity index (χ0) is 20.1. The molecule has 5 heteroatoms. The maximum absolute atomic E-state index is 12.9. The summed E-state index contributed by atoms with van der Waals surface area (Å²) >= 11 is 0. The third kappa shape index (κ3) is 4.75. The van der Waals surface area contributed by atoms with E-state index in [9.17, 15) is 4.79 Å². The number of aromatic nitrogens is 1. The Hall–Kier alpha value is -2.89. The molecule has 0 aliphatic carbocycles. The highest BCUT2D eigenvalue weighted by Gasteiger charge is 2.23. The number of carbonyl (C=O) groups excluding carboxylic acids is 1. The van der Waals surface area contributed by atoms with E-state index in [1.54, 1.807) is 0 Å². The molecule has 1 atom stereocenters. The normalized spacial score (nSPS) is 15.8. The van der Waals surface area contributed by atoms with Gasteiger partial charge < -0.3 is 14.6 Å². The molecule has 3 aromatic rings. The smallest absolute Gasteiger partial charge is 0.251 e. The highest BCUT2D eigenvalue weighted by Crippen LogP contribution is 2.22. The van der Waals surface area contributed by atoms with Gasteiger partial charge >= 0.3 is 0 Å². The molecule has 2 aromatic carbocycles. The Bertz CT molecular complexity index is 929. The van der Waals surface area contributed by atoms with Gasteiger partial charge in [0.1, 0.15) is 0 Å². The molecule has 4 rings (SSSR count). The molecule has 1 saturated heterocycles. The third-order valence-corrected chi connectivity index (χ3v) is 5.42. The first-order chi connectivity index (χ1) is 14.2. The molecule has 0 spiro atoms. The average Bonchev–Trinajstić information content (AvgIpc) is 3.31. The Balaban J connectivity index is 1.48. The maximum Gasteiger partial charge on any atom is 0.251 e. The van der Waals surface area contributed by atoms with Crippen LogP contribution in [0.1, 0.15) is 27.5 Å². The van der Waals surface area contributed by atoms with Gasteiger partial charge in [-0.3, -0.25) is 9.69 Å². The van der Waals surface area contributed by atoms with Crippen molar-refractivity contribution in [2.75, 3.05) is 32.8 Å². The number of nitrogens with one attached hydrogen (secondary N) is 1. The Kier molecular flexibility index (Phi) is 6.08. The molecule has 0 saturated carbocycles. The van der Waals surface area contributed by atoms with Crippen LogP contribution in [0.5, 0.6) is 0 Å². The number of rotatable bonds is 6. The van der Waals surface area contributed by atoms with Crippen LogP contribution in [-0.2, 0) is 4.74 Å². The number of ether oxygens (including phenoxy) is 1. The molecule has 5 nitrogen and oxygen atoms in total. The Morgan fingerprint density at radius 3 is 2.48 bits per heavy atom. The van der Waals surface area contributed by atoms with Crippen LogP contribution in [0.15, 0.2) is 73.1 Å². The fourth-order valence-corrected chi connectivity index (χ4v) is 3.74. The van der Waals surface area contributed by atoms with Gasteiger partial charge in [-0.15, -0.1) is 0 Å². The fraction of sp³-hybridized carbons (Fsp3) is 0.292. The lowest BCUT2D eigenvalue weighted by atomic mass is 10.0. The van der Waals surface area contributed by atoms with Crippen molar-refractivity contribution >= 4 is 5.91 Å². The summed E-state index contributed by atoms with van der Waals surface area (Å²) in [6, 6.07) is 20.4. The number of hydrogen-bond donors (Lipinski definition) is 1. The van der Waals surface area contributed by atoms with Crippen LogP contribution >= 0.6 is 0 Å². The van der Waals surface area contributed by atoms with Gasteiger partial charge in [-0.25, -0.2) is 0 Å². The number of amides is 1. The van der Waals surface area contributed by atoms with E-state index in [2.05, 4.69) is 41.4 Å². The molecule has 1 aliphatic rings. The van der Waals surface area contributed by atoms with Gasteiger partial charge in [0, 0.05) is 43.3 Å². The van der Waals surface area contributed by atoms with Crippen LogP contribution in [0.4, 0.5) is 0 Å². The summed E-state index contributed by atoms with van der Waals surface area (Å²) in [6.45, 7) is 5.86. The van der Waals surface area contributed by atoms with E-state index < -0.39 is 0 Å². The largest absolute Gasteiger partial charge is 0.379 e. The first kappa shape index (κ1) is 19.4. The number of nitrogens with zero attached hydrogens (tertiary/aromatic N) is 2. The molecule has 1 aliphatic heterocycles. The van der Waals surface area contributed by atoms with Crippen LogP contribution in [0, 0.1) is 6.92 Å². The lowest BCUT2D eigenvalue weighted by molar-refractivity contribution is 0.0162. The summed E-state index contributed by atoms with van der Waals surface area (Å²) in [5.41, 5.74) is 4.10. The Morgan fingerprint density at radius 2 is 1.76 bits per heavy atom. The van der Waals surface area contributed by atoms with Crippen LogP contribution in [0.2, 0.25) is 0 Å². The summed E-state index contributed by atoms with van der Waals surface area (Å²) in [5, 5.41) is 3.15. The molecule has 150 valence electrons. The van der Waals surface area contributed by atoms with Gasteiger partial charge in [-0.1, -0.05) is 35.9 Å². The van der Waals surface area contributed by atoms with E-state index in [-0.39, 0.29) is 11.9 Å². The summed E-state index contributed by atoms with van der Waals surface area (Å²) in [7, 11) is 0. The Labute approximate surface area is 171 Å². The quantitative estimate of drug-likeness (QED) is 0.701. The Morgan fingerprint density at radius 1 is 1.03 bits per heavy atom. The van der Waals surface area contributed by atoms with Crippen molar-refractivity contribution in [2.45, 2.75) is 13.0 Å². The molecule has 0 radical (unpaired) electrons. The maximum atomic E-state index is 12.9. The van der Waals surface area contributed by atoms with E-state index in [1.165, 1.54) is 11.1 Å². The van der Waals surface area contributed by atoms with Crippen molar-refractivity contribution in [3.63, 3.8) is 0 Å². The minimum absolute atomic E-state index is 0.0515. The van der Waals surface area contributed by atoms with Gasteiger partial charge in [0.25, 0.3) is 5.91 Å². The van der Waals surface area contributed by atoms with Crippen LogP contribution in [-0.4, -0.2) is 48.2 Å². The minimum Gasteiger partial charge on any atom is -0.379 e. The van der Waals surface area contributed by atoms with Crippen LogP contribution in [0.3, 0.4) is 0 Å². The second-order valence-corrected chi connectivity index (χ2v) is 7.43. The second kappa shape index (κ2) is 9.07. The summed E-state index contributed by atoms with van der Waals surface area (Å²) < 4.78 is 7.52. The van der Waals surface area contributed by atoms with E-state index >= 15 is 0 Å². The molecule has 2 heterocycles. The highest BCUT2D eigenvalue weighted by atomic mass is 16.5. The molecular formula is C24H27N3O2. The lowest BCUT2D eigenvalue weighted by Crippen LogP contribution is -2.43. The number of morpholine rings is 1. The van der Waals surface area contributed by atoms with Crippen LogP contribution < -0.4 is 5.32 Å². The number of benzene rings is 2. The second-order valence-electron chi connectivity index (χ2n) is 7.43. The summed E-state index contributed by atoms with van der Waals surface area (Å²) in [5.74, 6) is -0.0515. The SMILES string of the molecule is Cc1ccc(C(CNC(=O)c2cccc(-n3cccc3)c2)N2CCOCC2)cc1. The van der Waals surface area contributed by atoms with E-state index in [4.69, 9.17) is 4.74 Å². The third-order valence-electron chi connectivity index (χ3n) is 5.42. The van der Waals surface area contributed by atoms with Gasteiger partial charge in [0.2, 0.25) is 0 Å². The predicted octanol–water partition coefficient (Wildman–Crippen LogP) is 3.59. The first-order valence-electron chi connectivity index (χ1n) is 10.1. The van der Waals surface area contributed by atoms with Crippen LogP contribution in [0.25, 0.3) is 5.69 Å². The van der Waals surface area contributed by atoms with Gasteiger partial charge in [0.05, 0.1) is 19.3 Å². The van der Waals surface area contributed by atoms with Crippen molar-refractivity contribution < 1.29 is 9.53 Å². The average molecular weight is 389 g/mol. The zero-order valence-electron chi connectivity index (χ0n) is 16.8. The number of hydrogen-bond acceptors (Lipinski definition) is 3.